The molecule has 0 aliphatic carbocycles. The summed E-state index contributed by atoms with van der Waals surface area (Å²) in [5, 5.41) is 3.88. The van der Waals surface area contributed by atoms with Gasteiger partial charge in [-0.2, -0.15) is 0 Å². The summed E-state index contributed by atoms with van der Waals surface area (Å²) in [5.74, 6) is 1.38. The van der Waals surface area contributed by atoms with E-state index in [9.17, 15) is 0 Å². The Kier molecular flexibility index (Phi) is 2.45. The van der Waals surface area contributed by atoms with Gasteiger partial charge in [0.2, 0.25) is 0 Å². The number of nitrogens with zero attached hydrogens (tertiary/aromatic N) is 4. The fraction of sp³-hybridized carbons (Fsp3) is 0.0909. The minimum absolute atomic E-state index is 0.212. The van der Waals surface area contributed by atoms with Gasteiger partial charge < -0.3 is 5.32 Å². The van der Waals surface area contributed by atoms with E-state index >= 15 is 0 Å². The third-order valence-electron chi connectivity index (χ3n) is 2.41. The van der Waals surface area contributed by atoms with E-state index in [-0.39, 0.29) is 6.04 Å². The van der Waals surface area contributed by atoms with Gasteiger partial charge in [0.15, 0.2) is 11.9 Å². The Labute approximate surface area is 103 Å². The van der Waals surface area contributed by atoms with Gasteiger partial charge in [0, 0.05) is 10.7 Å². The van der Waals surface area contributed by atoms with E-state index in [1.165, 1.54) is 12.7 Å². The number of hydrogen-bond donors (Lipinski definition) is 1. The van der Waals surface area contributed by atoms with Crippen LogP contribution in [0.15, 0.2) is 44.2 Å². The Morgan fingerprint density at radius 3 is 2.71 bits per heavy atom. The van der Waals surface area contributed by atoms with E-state index in [0.29, 0.717) is 10.9 Å². The molecule has 0 spiro atoms. The first-order chi connectivity index (χ1) is 8.33. The fourth-order valence-electron chi connectivity index (χ4n) is 1.60. The highest BCUT2D eigenvalue weighted by atomic mass is 35.5. The molecule has 1 aromatic rings. The Morgan fingerprint density at radius 1 is 1.06 bits per heavy atom. The number of rotatable bonds is 1. The Balaban J connectivity index is 1.84. The molecular weight excluding hydrogens is 238 g/mol. The van der Waals surface area contributed by atoms with Crippen LogP contribution in [0.5, 0.6) is 0 Å². The summed E-state index contributed by atoms with van der Waals surface area (Å²) in [6.07, 6.45) is 2.98. The maximum absolute atomic E-state index is 5.82. The zero-order valence-corrected chi connectivity index (χ0v) is 9.46. The summed E-state index contributed by atoms with van der Waals surface area (Å²) in [6, 6.07) is 7.18. The van der Waals surface area contributed by atoms with Crippen LogP contribution in [0.3, 0.4) is 0 Å². The molecule has 0 bridgehead atoms. The van der Waals surface area contributed by atoms with Crippen molar-refractivity contribution in [1.82, 2.24) is 0 Å². The number of halogens is 1. The molecule has 6 heteroatoms. The van der Waals surface area contributed by atoms with Crippen molar-refractivity contribution in [3.05, 3.63) is 29.3 Å². The molecule has 0 aromatic heterocycles. The summed E-state index contributed by atoms with van der Waals surface area (Å²) < 4.78 is 0. The van der Waals surface area contributed by atoms with E-state index < -0.39 is 0 Å². The van der Waals surface area contributed by atoms with Crippen molar-refractivity contribution in [2.75, 3.05) is 5.32 Å². The second-order valence-corrected chi connectivity index (χ2v) is 3.98. The van der Waals surface area contributed by atoms with E-state index in [0.717, 1.165) is 11.5 Å². The standard InChI is InChI=1S/C11H8ClN5/c12-7-1-3-8(4-2-7)17-11-9-10(14-5-13-9)15-6-16-11/h1-6,9H,(H,13,14,15,16,17)/t9-/m1/s1. The van der Waals surface area contributed by atoms with Crippen LogP contribution in [0.1, 0.15) is 0 Å². The first kappa shape index (κ1) is 10.2. The first-order valence-electron chi connectivity index (χ1n) is 5.05. The van der Waals surface area contributed by atoms with Crippen molar-refractivity contribution >= 4 is 41.6 Å². The van der Waals surface area contributed by atoms with Crippen molar-refractivity contribution in [1.29, 1.82) is 0 Å². The van der Waals surface area contributed by atoms with Crippen LogP contribution in [-0.4, -0.2) is 30.4 Å². The first-order valence-corrected chi connectivity index (χ1v) is 5.43. The normalized spacial score (nSPS) is 20.9. The highest BCUT2D eigenvalue weighted by Gasteiger charge is 2.26. The van der Waals surface area contributed by atoms with Crippen molar-refractivity contribution < 1.29 is 0 Å². The van der Waals surface area contributed by atoms with Gasteiger partial charge in [-0.3, -0.25) is 4.99 Å². The third kappa shape index (κ3) is 1.97. The van der Waals surface area contributed by atoms with Crippen LogP contribution in [0.4, 0.5) is 5.69 Å². The zero-order chi connectivity index (χ0) is 11.7. The molecule has 17 heavy (non-hydrogen) atoms. The van der Waals surface area contributed by atoms with E-state index in [1.54, 1.807) is 0 Å². The van der Waals surface area contributed by atoms with Crippen LogP contribution < -0.4 is 5.32 Å². The van der Waals surface area contributed by atoms with Gasteiger partial charge in [0.1, 0.15) is 18.5 Å². The summed E-state index contributed by atoms with van der Waals surface area (Å²) >= 11 is 5.82. The highest BCUT2D eigenvalue weighted by molar-refractivity contribution is 6.30. The van der Waals surface area contributed by atoms with Crippen LogP contribution in [0.25, 0.3) is 0 Å². The predicted molar refractivity (Wildman–Crippen MR) is 70.7 cm³/mol. The second kappa shape index (κ2) is 4.10. The smallest absolute Gasteiger partial charge is 0.169 e. The summed E-state index contributed by atoms with van der Waals surface area (Å²) in [5.41, 5.74) is 0.907. The molecule has 1 aromatic carbocycles. The molecular formula is C11H8ClN5. The molecule has 1 atom stereocenters. The Hall–Kier alpha value is -2.01. The summed E-state index contributed by atoms with van der Waals surface area (Å²) in [7, 11) is 0. The van der Waals surface area contributed by atoms with Gasteiger partial charge in [-0.25, -0.2) is 15.0 Å². The molecule has 84 valence electrons. The third-order valence-corrected chi connectivity index (χ3v) is 2.66. The van der Waals surface area contributed by atoms with E-state index in [2.05, 4.69) is 25.3 Å². The minimum Gasteiger partial charge on any atom is -0.341 e. The lowest BCUT2D eigenvalue weighted by atomic mass is 10.2. The van der Waals surface area contributed by atoms with Crippen molar-refractivity contribution in [2.45, 2.75) is 6.04 Å². The topological polar surface area (TPSA) is 61.5 Å². The summed E-state index contributed by atoms with van der Waals surface area (Å²) in [6.45, 7) is 0. The van der Waals surface area contributed by atoms with Crippen molar-refractivity contribution in [3.8, 4) is 0 Å². The number of aliphatic imine (C=N–C) groups is 4. The molecule has 0 fully saturated rings. The van der Waals surface area contributed by atoms with Crippen LogP contribution in [-0.2, 0) is 0 Å². The Morgan fingerprint density at radius 2 is 1.88 bits per heavy atom. The molecule has 3 rings (SSSR count). The van der Waals surface area contributed by atoms with Gasteiger partial charge >= 0.3 is 0 Å². The number of benzene rings is 1. The average molecular weight is 246 g/mol. The fourth-order valence-corrected chi connectivity index (χ4v) is 1.72. The van der Waals surface area contributed by atoms with Crippen LogP contribution in [0, 0.1) is 0 Å². The molecule has 0 radical (unpaired) electrons. The van der Waals surface area contributed by atoms with Gasteiger partial charge in [0.25, 0.3) is 0 Å². The van der Waals surface area contributed by atoms with Gasteiger partial charge in [0.05, 0.1) is 0 Å². The lowest BCUT2D eigenvalue weighted by Crippen LogP contribution is -2.33. The molecule has 0 saturated heterocycles. The molecule has 0 amide bonds. The number of anilines is 1. The lowest BCUT2D eigenvalue weighted by Gasteiger charge is -2.15. The molecule has 2 aliphatic rings. The molecule has 5 nitrogen and oxygen atoms in total. The Bertz CT molecular complexity index is 556. The average Bonchev–Trinajstić information content (AvgIpc) is 2.81. The second-order valence-electron chi connectivity index (χ2n) is 3.55. The number of hydrogen-bond acceptors (Lipinski definition) is 5. The number of nitrogens with one attached hydrogen (secondary N) is 1. The minimum atomic E-state index is -0.212. The largest absolute Gasteiger partial charge is 0.341 e. The van der Waals surface area contributed by atoms with Crippen molar-refractivity contribution in [3.63, 3.8) is 0 Å². The maximum atomic E-state index is 5.82. The van der Waals surface area contributed by atoms with Gasteiger partial charge in [-0.05, 0) is 24.3 Å². The SMILES string of the molecule is Clc1ccc(NC2=NC=NC3=NC=N[C@H]32)cc1. The molecule has 0 saturated carbocycles. The monoisotopic (exact) mass is 245 g/mol. The maximum Gasteiger partial charge on any atom is 0.169 e. The van der Waals surface area contributed by atoms with E-state index in [1.807, 2.05) is 24.3 Å². The predicted octanol–water partition coefficient (Wildman–Crippen LogP) is 2.00. The van der Waals surface area contributed by atoms with Crippen LogP contribution in [0.2, 0.25) is 5.02 Å². The van der Waals surface area contributed by atoms with Crippen LogP contribution >= 0.6 is 11.6 Å². The van der Waals surface area contributed by atoms with Crippen molar-refractivity contribution in [2.24, 2.45) is 20.0 Å². The molecule has 1 N–H and O–H groups in total. The van der Waals surface area contributed by atoms with E-state index in [4.69, 9.17) is 11.6 Å². The number of fused-ring (bicyclic) bond motifs is 1. The zero-order valence-electron chi connectivity index (χ0n) is 8.71. The molecule has 0 unspecified atom stereocenters. The summed E-state index contributed by atoms with van der Waals surface area (Å²) in [4.78, 5) is 16.5. The lowest BCUT2D eigenvalue weighted by molar-refractivity contribution is 1.13. The highest BCUT2D eigenvalue weighted by Crippen LogP contribution is 2.16. The quantitative estimate of drug-likeness (QED) is 0.808. The molecule has 2 heterocycles. The number of amidine groups is 2. The molecule has 2 aliphatic heterocycles. The van der Waals surface area contributed by atoms with Gasteiger partial charge in [-0.1, -0.05) is 11.6 Å². The van der Waals surface area contributed by atoms with Gasteiger partial charge in [-0.15, -0.1) is 0 Å².